The van der Waals surface area contributed by atoms with Gasteiger partial charge in [-0.2, -0.15) is 0 Å². The highest BCUT2D eigenvalue weighted by atomic mass is 32.1. The highest BCUT2D eigenvalue weighted by Gasteiger charge is 2.04. The van der Waals surface area contributed by atoms with E-state index in [-0.39, 0.29) is 11.5 Å². The molecule has 0 radical (unpaired) electrons. The molecule has 0 bridgehead atoms. The summed E-state index contributed by atoms with van der Waals surface area (Å²) < 4.78 is 1.51. The number of amides is 1. The van der Waals surface area contributed by atoms with Crippen LogP contribution in [0, 0.1) is 0 Å². The van der Waals surface area contributed by atoms with Crippen LogP contribution in [-0.2, 0) is 11.3 Å². The van der Waals surface area contributed by atoms with Crippen molar-refractivity contribution in [2.24, 2.45) is 0 Å². The second-order valence-electron chi connectivity index (χ2n) is 4.52. The summed E-state index contributed by atoms with van der Waals surface area (Å²) >= 11 is 3.01. The summed E-state index contributed by atoms with van der Waals surface area (Å²) in [6, 6.07) is 5.65. The van der Waals surface area contributed by atoms with E-state index < -0.39 is 0 Å². The Labute approximate surface area is 134 Å². The third-order valence-corrected chi connectivity index (χ3v) is 4.70. The summed E-state index contributed by atoms with van der Waals surface area (Å²) in [6.07, 6.45) is 4.79. The lowest BCUT2D eigenvalue weighted by atomic mass is 10.4. The number of carbonyl (C=O) groups is 1. The van der Waals surface area contributed by atoms with Gasteiger partial charge in [-0.05, 0) is 29.0 Å². The molecule has 0 saturated heterocycles. The summed E-state index contributed by atoms with van der Waals surface area (Å²) in [5.74, 6) is -0.175. The molecule has 0 aliphatic carbocycles. The number of hydrogen-bond acceptors (Lipinski definition) is 5. The number of fused-ring (bicyclic) bond motifs is 1. The molecule has 3 aromatic rings. The fourth-order valence-corrected chi connectivity index (χ4v) is 3.30. The predicted octanol–water partition coefficient (Wildman–Crippen LogP) is 2.35. The van der Waals surface area contributed by atoms with Crippen LogP contribution in [0.4, 0.5) is 0 Å². The Kier molecular flexibility index (Phi) is 4.45. The van der Waals surface area contributed by atoms with Crippen molar-refractivity contribution in [3.63, 3.8) is 0 Å². The van der Waals surface area contributed by atoms with Crippen LogP contribution in [0.3, 0.4) is 0 Å². The Balaban J connectivity index is 1.57. The molecule has 5 nitrogen and oxygen atoms in total. The number of thiophene rings is 2. The van der Waals surface area contributed by atoms with E-state index in [9.17, 15) is 9.59 Å². The van der Waals surface area contributed by atoms with E-state index in [1.165, 1.54) is 28.3 Å². The van der Waals surface area contributed by atoms with Gasteiger partial charge in [0.1, 0.15) is 4.83 Å². The van der Waals surface area contributed by atoms with E-state index in [4.69, 9.17) is 0 Å². The van der Waals surface area contributed by atoms with Crippen LogP contribution < -0.4 is 10.9 Å². The smallest absolute Gasteiger partial charge is 0.262 e. The molecule has 0 aliphatic rings. The molecule has 0 aromatic carbocycles. The minimum absolute atomic E-state index is 0.0744. The molecule has 3 rings (SSSR count). The first-order valence-electron chi connectivity index (χ1n) is 6.66. The van der Waals surface area contributed by atoms with Gasteiger partial charge in [0.15, 0.2) is 0 Å². The zero-order valence-electron chi connectivity index (χ0n) is 11.6. The van der Waals surface area contributed by atoms with Crippen molar-refractivity contribution in [2.75, 3.05) is 6.54 Å². The van der Waals surface area contributed by atoms with Crippen LogP contribution in [-0.4, -0.2) is 22.0 Å². The first-order chi connectivity index (χ1) is 10.7. The van der Waals surface area contributed by atoms with E-state index in [2.05, 4.69) is 10.3 Å². The van der Waals surface area contributed by atoms with Gasteiger partial charge in [0.05, 0.1) is 11.7 Å². The average Bonchev–Trinajstić information content (AvgIpc) is 3.18. The highest BCUT2D eigenvalue weighted by molar-refractivity contribution is 7.16. The molecule has 1 N–H and O–H groups in total. The molecule has 0 atom stereocenters. The lowest BCUT2D eigenvalue weighted by Crippen LogP contribution is -2.29. The van der Waals surface area contributed by atoms with Crippen molar-refractivity contribution in [1.82, 2.24) is 14.9 Å². The monoisotopic (exact) mass is 331 g/mol. The summed E-state index contributed by atoms with van der Waals surface area (Å²) in [5.41, 5.74) is -0.0744. The number of nitrogens with zero attached hydrogens (tertiary/aromatic N) is 2. The molecule has 1 amide bonds. The molecule has 112 valence electrons. The number of rotatable bonds is 5. The summed E-state index contributed by atoms with van der Waals surface area (Å²) in [5, 5.41) is 7.18. The SMILES string of the molecule is O=C(/C=C\c1cccs1)NCCn1cnc2sccc2c1=O. The molecule has 0 aliphatic heterocycles. The Morgan fingerprint density at radius 1 is 1.32 bits per heavy atom. The fourth-order valence-electron chi connectivity index (χ4n) is 1.95. The van der Waals surface area contributed by atoms with Gasteiger partial charge < -0.3 is 5.32 Å². The summed E-state index contributed by atoms with van der Waals surface area (Å²) in [7, 11) is 0. The Hall–Kier alpha value is -2.25. The number of hydrogen-bond donors (Lipinski definition) is 1. The second-order valence-corrected chi connectivity index (χ2v) is 6.40. The zero-order valence-corrected chi connectivity index (χ0v) is 13.2. The Morgan fingerprint density at radius 2 is 2.23 bits per heavy atom. The highest BCUT2D eigenvalue weighted by Crippen LogP contribution is 2.13. The fraction of sp³-hybridized carbons (Fsp3) is 0.133. The maximum Gasteiger partial charge on any atom is 0.262 e. The molecule has 3 aromatic heterocycles. The van der Waals surface area contributed by atoms with Gasteiger partial charge in [0.25, 0.3) is 5.56 Å². The molecule has 0 fully saturated rings. The van der Waals surface area contributed by atoms with Crippen molar-refractivity contribution in [1.29, 1.82) is 0 Å². The van der Waals surface area contributed by atoms with Crippen LogP contribution in [0.15, 0.2) is 46.2 Å². The minimum atomic E-state index is -0.175. The van der Waals surface area contributed by atoms with Gasteiger partial charge in [0, 0.05) is 24.0 Å². The standard InChI is InChI=1S/C15H13N3O2S2/c19-13(4-3-11-2-1-8-21-11)16-6-7-18-10-17-14-12(15(18)20)5-9-22-14/h1-5,8-10H,6-7H2,(H,16,19)/b4-3-. The third kappa shape index (κ3) is 3.32. The maximum atomic E-state index is 12.2. The Bertz CT molecular complexity index is 862. The normalized spacial score (nSPS) is 11.3. The van der Waals surface area contributed by atoms with Crippen LogP contribution in [0.2, 0.25) is 0 Å². The van der Waals surface area contributed by atoms with Gasteiger partial charge in [-0.3, -0.25) is 14.2 Å². The zero-order chi connectivity index (χ0) is 15.4. The summed E-state index contributed by atoms with van der Waals surface area (Å²) in [4.78, 5) is 29.8. The van der Waals surface area contributed by atoms with E-state index in [1.54, 1.807) is 23.5 Å². The lowest BCUT2D eigenvalue weighted by Gasteiger charge is -2.05. The lowest BCUT2D eigenvalue weighted by molar-refractivity contribution is -0.116. The largest absolute Gasteiger partial charge is 0.351 e. The molecule has 0 spiro atoms. The molecule has 0 unspecified atom stereocenters. The molecule has 7 heteroatoms. The molecule has 3 heterocycles. The molecular formula is C15H13N3O2S2. The van der Waals surface area contributed by atoms with Crippen molar-refractivity contribution < 1.29 is 4.79 Å². The van der Waals surface area contributed by atoms with Crippen molar-refractivity contribution in [3.05, 3.63) is 56.6 Å². The molecular weight excluding hydrogens is 318 g/mol. The summed E-state index contributed by atoms with van der Waals surface area (Å²) in [6.45, 7) is 0.779. The first-order valence-corrected chi connectivity index (χ1v) is 8.42. The maximum absolute atomic E-state index is 12.2. The van der Waals surface area contributed by atoms with Crippen LogP contribution in [0.25, 0.3) is 16.3 Å². The van der Waals surface area contributed by atoms with Gasteiger partial charge in [-0.15, -0.1) is 22.7 Å². The van der Waals surface area contributed by atoms with Gasteiger partial charge in [-0.1, -0.05) is 6.07 Å². The molecule has 0 saturated carbocycles. The van der Waals surface area contributed by atoms with Crippen molar-refractivity contribution in [2.45, 2.75) is 6.54 Å². The van der Waals surface area contributed by atoms with Crippen LogP contribution in [0.1, 0.15) is 4.88 Å². The quantitative estimate of drug-likeness (QED) is 0.730. The second kappa shape index (κ2) is 6.67. The van der Waals surface area contributed by atoms with Gasteiger partial charge in [-0.25, -0.2) is 4.98 Å². The third-order valence-electron chi connectivity index (χ3n) is 3.04. The van der Waals surface area contributed by atoms with Crippen molar-refractivity contribution in [3.8, 4) is 0 Å². The van der Waals surface area contributed by atoms with Crippen LogP contribution >= 0.6 is 22.7 Å². The van der Waals surface area contributed by atoms with Crippen LogP contribution in [0.5, 0.6) is 0 Å². The Morgan fingerprint density at radius 3 is 3.05 bits per heavy atom. The number of aromatic nitrogens is 2. The van der Waals surface area contributed by atoms with E-state index in [0.717, 1.165) is 9.71 Å². The number of nitrogens with one attached hydrogen (secondary N) is 1. The van der Waals surface area contributed by atoms with Gasteiger partial charge >= 0.3 is 0 Å². The average molecular weight is 331 g/mol. The topological polar surface area (TPSA) is 64.0 Å². The first kappa shape index (κ1) is 14.7. The predicted molar refractivity (Wildman–Crippen MR) is 90.2 cm³/mol. The van der Waals surface area contributed by atoms with Crippen molar-refractivity contribution >= 4 is 44.9 Å². The van der Waals surface area contributed by atoms with E-state index in [1.807, 2.05) is 22.9 Å². The van der Waals surface area contributed by atoms with E-state index in [0.29, 0.717) is 18.5 Å². The molecule has 22 heavy (non-hydrogen) atoms. The number of carbonyl (C=O) groups excluding carboxylic acids is 1. The van der Waals surface area contributed by atoms with Gasteiger partial charge in [0.2, 0.25) is 5.91 Å². The van der Waals surface area contributed by atoms with E-state index >= 15 is 0 Å². The minimum Gasteiger partial charge on any atom is -0.351 e.